The zero-order valence-corrected chi connectivity index (χ0v) is 14.6. The fraction of sp³-hybridized carbons (Fsp3) is 0.611. The van der Waals surface area contributed by atoms with E-state index in [1.54, 1.807) is 12.1 Å². The summed E-state index contributed by atoms with van der Waals surface area (Å²) in [7, 11) is 0. The van der Waals surface area contributed by atoms with Gasteiger partial charge in [-0.2, -0.15) is 0 Å². The summed E-state index contributed by atoms with van der Waals surface area (Å²) < 4.78 is 17.4. The van der Waals surface area contributed by atoms with Crippen LogP contribution in [0.1, 0.15) is 40.5 Å². The Morgan fingerprint density at radius 2 is 1.83 bits per heavy atom. The number of halogens is 1. The SMILES string of the molecule is CC(C)(C)OC=O.CCN(c1ccc(F)cc1)C1CCNCC1. The van der Waals surface area contributed by atoms with Crippen molar-refractivity contribution >= 4 is 12.2 Å². The molecular formula is C18H29FN2O2. The van der Waals surface area contributed by atoms with Gasteiger partial charge in [0, 0.05) is 18.3 Å². The van der Waals surface area contributed by atoms with Crippen LogP contribution in [-0.2, 0) is 9.53 Å². The molecule has 0 aliphatic carbocycles. The highest BCUT2D eigenvalue weighted by molar-refractivity contribution is 5.47. The van der Waals surface area contributed by atoms with E-state index >= 15 is 0 Å². The molecule has 0 spiro atoms. The van der Waals surface area contributed by atoms with Crippen molar-refractivity contribution in [3.8, 4) is 0 Å². The van der Waals surface area contributed by atoms with Gasteiger partial charge in [-0.05, 0) is 77.9 Å². The Bertz CT molecular complexity index is 451. The molecule has 23 heavy (non-hydrogen) atoms. The van der Waals surface area contributed by atoms with Crippen LogP contribution in [0.15, 0.2) is 24.3 Å². The van der Waals surface area contributed by atoms with Gasteiger partial charge in [0.05, 0.1) is 0 Å². The number of nitrogens with one attached hydrogen (secondary N) is 1. The maximum absolute atomic E-state index is 12.9. The molecule has 0 unspecified atom stereocenters. The Labute approximate surface area is 139 Å². The van der Waals surface area contributed by atoms with Crippen molar-refractivity contribution in [2.45, 2.75) is 52.2 Å². The molecule has 130 valence electrons. The van der Waals surface area contributed by atoms with Gasteiger partial charge in [0.25, 0.3) is 6.47 Å². The molecule has 1 aliphatic heterocycles. The van der Waals surface area contributed by atoms with Gasteiger partial charge in [0.15, 0.2) is 0 Å². The number of hydrogen-bond acceptors (Lipinski definition) is 4. The number of nitrogens with zero attached hydrogens (tertiary/aromatic N) is 1. The van der Waals surface area contributed by atoms with Crippen LogP contribution in [0.5, 0.6) is 0 Å². The molecular weight excluding hydrogens is 295 g/mol. The summed E-state index contributed by atoms with van der Waals surface area (Å²) in [6.07, 6.45) is 2.34. The van der Waals surface area contributed by atoms with Gasteiger partial charge in [-0.1, -0.05) is 0 Å². The van der Waals surface area contributed by atoms with Crippen molar-refractivity contribution in [3.05, 3.63) is 30.1 Å². The third-order valence-corrected chi connectivity index (χ3v) is 3.65. The highest BCUT2D eigenvalue weighted by atomic mass is 19.1. The Balaban J connectivity index is 0.000000322. The highest BCUT2D eigenvalue weighted by Gasteiger charge is 2.19. The van der Waals surface area contributed by atoms with E-state index in [4.69, 9.17) is 0 Å². The van der Waals surface area contributed by atoms with Crippen LogP contribution < -0.4 is 10.2 Å². The fourth-order valence-electron chi connectivity index (χ4n) is 2.55. The summed E-state index contributed by atoms with van der Waals surface area (Å²) in [5, 5.41) is 3.37. The predicted molar refractivity (Wildman–Crippen MR) is 92.2 cm³/mol. The molecule has 1 heterocycles. The average molecular weight is 324 g/mol. The number of carbonyl (C=O) groups is 1. The van der Waals surface area contributed by atoms with Crippen LogP contribution in [0, 0.1) is 5.82 Å². The molecule has 0 saturated carbocycles. The van der Waals surface area contributed by atoms with Crippen LogP contribution in [-0.4, -0.2) is 37.7 Å². The Morgan fingerprint density at radius 1 is 1.26 bits per heavy atom. The molecule has 0 atom stereocenters. The van der Waals surface area contributed by atoms with Crippen LogP contribution in [0.2, 0.25) is 0 Å². The zero-order chi connectivity index (χ0) is 17.3. The zero-order valence-electron chi connectivity index (χ0n) is 14.6. The lowest BCUT2D eigenvalue weighted by atomic mass is 10.0. The average Bonchev–Trinajstić information content (AvgIpc) is 2.50. The standard InChI is InChI=1S/C13H19FN2.C5H10O2/c1-2-16(13-7-9-15-10-8-13)12-5-3-11(14)4-6-12;1-5(2,3)7-4-6/h3-6,13,15H,2,7-10H2,1H3;4H,1-3H3. The molecule has 1 aromatic rings. The van der Waals surface area contributed by atoms with Gasteiger partial charge in [0.1, 0.15) is 11.4 Å². The van der Waals surface area contributed by atoms with E-state index in [2.05, 4.69) is 21.9 Å². The summed E-state index contributed by atoms with van der Waals surface area (Å²) in [6.45, 7) is 11.2. The van der Waals surface area contributed by atoms with Crippen molar-refractivity contribution in [1.82, 2.24) is 5.32 Å². The van der Waals surface area contributed by atoms with E-state index in [0.717, 1.165) is 25.3 Å². The summed E-state index contributed by atoms with van der Waals surface area (Å²) in [4.78, 5) is 12.0. The molecule has 1 aromatic carbocycles. The minimum absolute atomic E-state index is 0.162. The smallest absolute Gasteiger partial charge is 0.293 e. The fourth-order valence-corrected chi connectivity index (χ4v) is 2.55. The second-order valence-electron chi connectivity index (χ2n) is 6.57. The quantitative estimate of drug-likeness (QED) is 0.862. The topological polar surface area (TPSA) is 41.6 Å². The third-order valence-electron chi connectivity index (χ3n) is 3.65. The van der Waals surface area contributed by atoms with Crippen LogP contribution in [0.3, 0.4) is 0 Å². The van der Waals surface area contributed by atoms with E-state index in [0.29, 0.717) is 12.5 Å². The normalized spacial score (nSPS) is 15.3. The van der Waals surface area contributed by atoms with E-state index in [1.807, 2.05) is 32.9 Å². The van der Waals surface area contributed by atoms with E-state index in [-0.39, 0.29) is 11.4 Å². The number of piperidine rings is 1. The number of anilines is 1. The maximum atomic E-state index is 12.9. The van der Waals surface area contributed by atoms with E-state index in [9.17, 15) is 9.18 Å². The molecule has 1 aliphatic rings. The first-order valence-corrected chi connectivity index (χ1v) is 8.21. The number of carbonyl (C=O) groups excluding carboxylic acids is 1. The molecule has 5 heteroatoms. The molecule has 1 saturated heterocycles. The minimum Gasteiger partial charge on any atom is -0.462 e. The Morgan fingerprint density at radius 3 is 2.22 bits per heavy atom. The monoisotopic (exact) mass is 324 g/mol. The van der Waals surface area contributed by atoms with Crippen molar-refractivity contribution in [2.75, 3.05) is 24.5 Å². The van der Waals surface area contributed by atoms with Gasteiger partial charge >= 0.3 is 0 Å². The summed E-state index contributed by atoms with van der Waals surface area (Å²) in [6, 6.07) is 7.43. The number of ether oxygens (including phenoxy) is 1. The summed E-state index contributed by atoms with van der Waals surface area (Å²) in [5.41, 5.74) is 0.817. The minimum atomic E-state index is -0.318. The molecule has 2 rings (SSSR count). The van der Waals surface area contributed by atoms with Crippen LogP contribution >= 0.6 is 0 Å². The highest BCUT2D eigenvalue weighted by Crippen LogP contribution is 2.21. The van der Waals surface area contributed by atoms with E-state index < -0.39 is 0 Å². The number of hydrogen-bond donors (Lipinski definition) is 1. The summed E-state index contributed by atoms with van der Waals surface area (Å²) >= 11 is 0. The van der Waals surface area contributed by atoms with Gasteiger partial charge in [-0.15, -0.1) is 0 Å². The lowest BCUT2D eigenvalue weighted by Gasteiger charge is -2.35. The summed E-state index contributed by atoms with van der Waals surface area (Å²) in [5.74, 6) is -0.162. The molecule has 0 aromatic heterocycles. The van der Waals surface area contributed by atoms with E-state index in [1.165, 1.54) is 12.8 Å². The first-order chi connectivity index (χ1) is 10.9. The van der Waals surface area contributed by atoms with Gasteiger partial charge < -0.3 is 15.0 Å². The van der Waals surface area contributed by atoms with Gasteiger partial charge in [-0.3, -0.25) is 4.79 Å². The second-order valence-corrected chi connectivity index (χ2v) is 6.57. The van der Waals surface area contributed by atoms with Crippen molar-refractivity contribution in [2.24, 2.45) is 0 Å². The first kappa shape index (κ1) is 19.4. The molecule has 1 fully saturated rings. The Hall–Kier alpha value is -1.62. The number of benzene rings is 1. The number of rotatable bonds is 4. The molecule has 0 amide bonds. The van der Waals surface area contributed by atoms with Crippen molar-refractivity contribution < 1.29 is 13.9 Å². The van der Waals surface area contributed by atoms with Crippen LogP contribution in [0.4, 0.5) is 10.1 Å². The second kappa shape index (κ2) is 9.50. The lowest BCUT2D eigenvalue weighted by Crippen LogP contribution is -2.43. The predicted octanol–water partition coefficient (Wildman–Crippen LogP) is 3.36. The van der Waals surface area contributed by atoms with Gasteiger partial charge in [0.2, 0.25) is 0 Å². The first-order valence-electron chi connectivity index (χ1n) is 8.21. The van der Waals surface area contributed by atoms with Crippen molar-refractivity contribution in [1.29, 1.82) is 0 Å². The lowest BCUT2D eigenvalue weighted by molar-refractivity contribution is -0.138. The molecule has 1 N–H and O–H groups in total. The molecule has 0 bridgehead atoms. The molecule has 0 radical (unpaired) electrons. The third kappa shape index (κ3) is 7.46. The van der Waals surface area contributed by atoms with Gasteiger partial charge in [-0.25, -0.2) is 4.39 Å². The maximum Gasteiger partial charge on any atom is 0.293 e. The Kier molecular flexibility index (Phi) is 8.03. The molecule has 4 nitrogen and oxygen atoms in total. The van der Waals surface area contributed by atoms with Crippen LogP contribution in [0.25, 0.3) is 0 Å². The largest absolute Gasteiger partial charge is 0.462 e. The van der Waals surface area contributed by atoms with Crippen molar-refractivity contribution in [3.63, 3.8) is 0 Å².